The summed E-state index contributed by atoms with van der Waals surface area (Å²) in [7, 11) is 0. The summed E-state index contributed by atoms with van der Waals surface area (Å²) in [5, 5.41) is 0. The summed E-state index contributed by atoms with van der Waals surface area (Å²) < 4.78 is 13.7. The van der Waals surface area contributed by atoms with Crippen molar-refractivity contribution in [2.45, 2.75) is 19.3 Å². The quantitative estimate of drug-likeness (QED) is 0.835. The van der Waals surface area contributed by atoms with Crippen LogP contribution in [-0.4, -0.2) is 19.0 Å². The predicted octanol–water partition coefficient (Wildman–Crippen LogP) is 2.26. The van der Waals surface area contributed by atoms with E-state index in [0.29, 0.717) is 22.5 Å². The maximum atomic E-state index is 13.3. The molecular weight excluding hydrogens is 313 g/mol. The molecule has 19 heavy (non-hydrogen) atoms. The molecule has 1 heterocycles. The molecule has 1 amide bonds. The third-order valence-corrected chi connectivity index (χ3v) is 4.12. The summed E-state index contributed by atoms with van der Waals surface area (Å²) in [6.45, 7) is 1.61. The van der Waals surface area contributed by atoms with Crippen molar-refractivity contribution in [2.75, 3.05) is 23.7 Å². The van der Waals surface area contributed by atoms with Gasteiger partial charge in [0.05, 0.1) is 15.8 Å². The van der Waals surface area contributed by atoms with Crippen LogP contribution in [0.5, 0.6) is 0 Å². The first-order chi connectivity index (χ1) is 8.97. The minimum absolute atomic E-state index is 0.248. The van der Waals surface area contributed by atoms with Gasteiger partial charge in [0.25, 0.3) is 0 Å². The predicted molar refractivity (Wildman–Crippen MR) is 77.3 cm³/mol. The van der Waals surface area contributed by atoms with Crippen molar-refractivity contribution >= 4 is 33.2 Å². The van der Waals surface area contributed by atoms with E-state index in [1.807, 2.05) is 0 Å². The fourth-order valence-electron chi connectivity index (χ4n) is 2.49. The van der Waals surface area contributed by atoms with E-state index in [-0.39, 0.29) is 11.7 Å². The minimum atomic E-state index is -0.357. The SMILES string of the molecule is NC(=O)CC1CCN(c2cc(Br)c(F)cc2N)CC1. The van der Waals surface area contributed by atoms with Gasteiger partial charge in [-0.15, -0.1) is 0 Å². The van der Waals surface area contributed by atoms with Gasteiger partial charge in [-0.2, -0.15) is 0 Å². The Morgan fingerprint density at radius 2 is 2.05 bits per heavy atom. The van der Waals surface area contributed by atoms with E-state index in [4.69, 9.17) is 11.5 Å². The number of carbonyl (C=O) groups is 1. The van der Waals surface area contributed by atoms with Gasteiger partial charge in [0.15, 0.2) is 0 Å². The molecule has 2 rings (SSSR count). The molecule has 0 aliphatic carbocycles. The fourth-order valence-corrected chi connectivity index (χ4v) is 2.82. The number of carbonyl (C=O) groups excluding carboxylic acids is 1. The van der Waals surface area contributed by atoms with Gasteiger partial charge in [-0.3, -0.25) is 4.79 Å². The lowest BCUT2D eigenvalue weighted by atomic mass is 9.93. The molecule has 1 aliphatic heterocycles. The zero-order chi connectivity index (χ0) is 14.0. The summed E-state index contributed by atoms with van der Waals surface area (Å²) in [6, 6.07) is 3.04. The zero-order valence-corrected chi connectivity index (χ0v) is 12.1. The number of piperidine rings is 1. The third-order valence-electron chi connectivity index (χ3n) is 3.51. The summed E-state index contributed by atoms with van der Waals surface area (Å²) in [6.07, 6.45) is 2.24. The molecule has 1 aliphatic rings. The Balaban J connectivity index is 2.05. The molecule has 6 heteroatoms. The van der Waals surface area contributed by atoms with Crippen molar-refractivity contribution in [3.05, 3.63) is 22.4 Å². The van der Waals surface area contributed by atoms with E-state index >= 15 is 0 Å². The molecule has 1 aromatic carbocycles. The van der Waals surface area contributed by atoms with Crippen molar-refractivity contribution in [3.8, 4) is 0 Å². The Morgan fingerprint density at radius 1 is 1.42 bits per heavy atom. The normalized spacial score (nSPS) is 16.6. The highest BCUT2D eigenvalue weighted by atomic mass is 79.9. The first-order valence-electron chi connectivity index (χ1n) is 6.25. The molecule has 0 saturated carbocycles. The van der Waals surface area contributed by atoms with Crippen molar-refractivity contribution in [1.29, 1.82) is 0 Å². The topological polar surface area (TPSA) is 72.4 Å². The van der Waals surface area contributed by atoms with Gasteiger partial charge in [-0.1, -0.05) is 0 Å². The smallest absolute Gasteiger partial charge is 0.217 e. The maximum absolute atomic E-state index is 13.3. The Hall–Kier alpha value is -1.30. The molecule has 0 aromatic heterocycles. The Morgan fingerprint density at radius 3 is 2.63 bits per heavy atom. The summed E-state index contributed by atoms with van der Waals surface area (Å²) in [5.41, 5.74) is 12.3. The van der Waals surface area contributed by atoms with E-state index in [1.54, 1.807) is 6.07 Å². The molecule has 0 atom stereocenters. The highest BCUT2D eigenvalue weighted by Crippen LogP contribution is 2.32. The molecule has 4 nitrogen and oxygen atoms in total. The van der Waals surface area contributed by atoms with Gasteiger partial charge in [0, 0.05) is 25.6 Å². The van der Waals surface area contributed by atoms with E-state index in [2.05, 4.69) is 20.8 Å². The molecule has 104 valence electrons. The lowest BCUT2D eigenvalue weighted by Gasteiger charge is -2.34. The average molecular weight is 330 g/mol. The van der Waals surface area contributed by atoms with Gasteiger partial charge in [0.1, 0.15) is 5.82 Å². The van der Waals surface area contributed by atoms with Gasteiger partial charge in [-0.25, -0.2) is 4.39 Å². The summed E-state index contributed by atoms with van der Waals surface area (Å²) in [5.74, 6) is -0.258. The number of anilines is 2. The van der Waals surface area contributed by atoms with Gasteiger partial charge in [-0.05, 0) is 40.8 Å². The zero-order valence-electron chi connectivity index (χ0n) is 10.5. The Labute approximate surface area is 120 Å². The van der Waals surface area contributed by atoms with Crippen molar-refractivity contribution < 1.29 is 9.18 Å². The molecule has 0 spiro atoms. The van der Waals surface area contributed by atoms with Crippen molar-refractivity contribution in [1.82, 2.24) is 0 Å². The number of primary amides is 1. The highest BCUT2D eigenvalue weighted by Gasteiger charge is 2.22. The van der Waals surface area contributed by atoms with Crippen LogP contribution >= 0.6 is 15.9 Å². The number of nitrogens with two attached hydrogens (primary N) is 2. The summed E-state index contributed by atoms with van der Waals surface area (Å²) in [4.78, 5) is 13.0. The van der Waals surface area contributed by atoms with Crippen LogP contribution in [0.15, 0.2) is 16.6 Å². The largest absolute Gasteiger partial charge is 0.397 e. The van der Waals surface area contributed by atoms with Crippen molar-refractivity contribution in [2.24, 2.45) is 11.7 Å². The summed E-state index contributed by atoms with van der Waals surface area (Å²) >= 11 is 3.17. The first kappa shape index (κ1) is 14.1. The van der Waals surface area contributed by atoms with E-state index in [9.17, 15) is 9.18 Å². The fraction of sp³-hybridized carbons (Fsp3) is 0.462. The Bertz CT molecular complexity index is 487. The highest BCUT2D eigenvalue weighted by molar-refractivity contribution is 9.10. The second-order valence-corrected chi connectivity index (χ2v) is 5.78. The number of hydrogen-bond acceptors (Lipinski definition) is 3. The number of nitrogen functional groups attached to an aromatic ring is 1. The van der Waals surface area contributed by atoms with Crippen LogP contribution < -0.4 is 16.4 Å². The number of hydrogen-bond donors (Lipinski definition) is 2. The molecular formula is C13H17BrFN3O. The third kappa shape index (κ3) is 3.37. The standard InChI is InChI=1S/C13H17BrFN3O/c14-9-6-12(11(16)7-10(9)15)18-3-1-8(2-4-18)5-13(17)19/h6-8H,1-5,16H2,(H2,17,19). The van der Waals surface area contributed by atoms with Crippen molar-refractivity contribution in [3.63, 3.8) is 0 Å². The molecule has 1 saturated heterocycles. The van der Waals surface area contributed by atoms with Crippen LogP contribution in [0, 0.1) is 11.7 Å². The number of rotatable bonds is 3. The second-order valence-electron chi connectivity index (χ2n) is 4.93. The average Bonchev–Trinajstić information content (AvgIpc) is 2.34. The van der Waals surface area contributed by atoms with E-state index in [1.165, 1.54) is 6.07 Å². The maximum Gasteiger partial charge on any atom is 0.217 e. The number of halogens is 2. The second kappa shape index (κ2) is 5.77. The lowest BCUT2D eigenvalue weighted by molar-refractivity contribution is -0.119. The van der Waals surface area contributed by atoms with Crippen LogP contribution in [0.3, 0.4) is 0 Å². The minimum Gasteiger partial charge on any atom is -0.397 e. The number of nitrogens with zero attached hydrogens (tertiary/aromatic N) is 1. The lowest BCUT2D eigenvalue weighted by Crippen LogP contribution is -2.35. The van der Waals surface area contributed by atoms with Crippen LogP contribution in [0.2, 0.25) is 0 Å². The van der Waals surface area contributed by atoms with Crippen LogP contribution in [0.25, 0.3) is 0 Å². The molecule has 4 N–H and O–H groups in total. The van der Waals surface area contributed by atoms with Crippen LogP contribution in [0.1, 0.15) is 19.3 Å². The first-order valence-corrected chi connectivity index (χ1v) is 7.04. The number of benzene rings is 1. The Kier molecular flexibility index (Phi) is 4.29. The van der Waals surface area contributed by atoms with Gasteiger partial charge >= 0.3 is 0 Å². The van der Waals surface area contributed by atoms with Gasteiger partial charge < -0.3 is 16.4 Å². The molecule has 1 fully saturated rings. The van der Waals surface area contributed by atoms with Gasteiger partial charge in [0.2, 0.25) is 5.91 Å². The van der Waals surface area contributed by atoms with E-state index < -0.39 is 0 Å². The van der Waals surface area contributed by atoms with Crippen LogP contribution in [0.4, 0.5) is 15.8 Å². The molecule has 1 aromatic rings. The number of amides is 1. The molecule has 0 radical (unpaired) electrons. The molecule has 0 unspecified atom stereocenters. The van der Waals surface area contributed by atoms with E-state index in [0.717, 1.165) is 31.6 Å². The monoisotopic (exact) mass is 329 g/mol. The van der Waals surface area contributed by atoms with Crippen LogP contribution in [-0.2, 0) is 4.79 Å². The molecule has 0 bridgehead atoms.